The molecule has 2 aliphatic rings. The van der Waals surface area contributed by atoms with Crippen LogP contribution in [0.25, 0.3) is 22.3 Å². The first kappa shape index (κ1) is 31.7. The Balaban J connectivity index is 1.52. The summed E-state index contributed by atoms with van der Waals surface area (Å²) < 4.78 is 27.7. The summed E-state index contributed by atoms with van der Waals surface area (Å²) in [5, 5.41) is 120. The molecule has 2 aliphatic heterocycles. The van der Waals surface area contributed by atoms with Gasteiger partial charge in [-0.15, -0.1) is 0 Å². The molecule has 0 aliphatic carbocycles. The average molecular weight is 628 g/mol. The molecular formula is C27H31O17+. The highest BCUT2D eigenvalue weighted by Crippen LogP contribution is 2.44. The minimum Gasteiger partial charge on any atom is -0.507 e. The van der Waals surface area contributed by atoms with Gasteiger partial charge >= 0.3 is 11.3 Å². The highest BCUT2D eigenvalue weighted by Gasteiger charge is 2.45. The van der Waals surface area contributed by atoms with Gasteiger partial charge in [-0.05, 0) is 0 Å². The van der Waals surface area contributed by atoms with Crippen LogP contribution in [0.5, 0.6) is 34.5 Å². The van der Waals surface area contributed by atoms with Crippen LogP contribution in [0.4, 0.5) is 0 Å². The second-order valence-corrected chi connectivity index (χ2v) is 10.4. The van der Waals surface area contributed by atoms with E-state index in [1.54, 1.807) is 0 Å². The average Bonchev–Trinajstić information content (AvgIpc) is 2.99. The number of aromatic hydroxyl groups is 4. The molecule has 2 saturated heterocycles. The largest absolute Gasteiger partial charge is 0.507 e. The molecule has 3 aromatic rings. The molecule has 44 heavy (non-hydrogen) atoms. The molecule has 0 amide bonds. The molecular weight excluding hydrogens is 596 g/mol. The fraction of sp³-hybridized carbons (Fsp3) is 0.444. The number of rotatable bonds is 7. The quantitative estimate of drug-likeness (QED) is 0.0956. The third kappa shape index (κ3) is 5.97. The van der Waals surface area contributed by atoms with E-state index in [1.807, 2.05) is 0 Å². The Morgan fingerprint density at radius 1 is 0.591 bits per heavy atom. The van der Waals surface area contributed by atoms with Crippen molar-refractivity contribution in [3.63, 3.8) is 0 Å². The maximum Gasteiger partial charge on any atom is 0.402 e. The number of ether oxygens (including phenoxy) is 4. The zero-order valence-corrected chi connectivity index (χ0v) is 22.5. The molecule has 240 valence electrons. The van der Waals surface area contributed by atoms with Crippen LogP contribution in [-0.2, 0) is 9.47 Å². The van der Waals surface area contributed by atoms with Gasteiger partial charge in [0, 0.05) is 24.3 Å². The van der Waals surface area contributed by atoms with Crippen LogP contribution in [0.1, 0.15) is 0 Å². The molecule has 0 saturated carbocycles. The molecule has 0 spiro atoms. The van der Waals surface area contributed by atoms with Gasteiger partial charge in [0.1, 0.15) is 78.9 Å². The van der Waals surface area contributed by atoms with Crippen LogP contribution in [0.2, 0.25) is 0 Å². The first-order chi connectivity index (χ1) is 20.8. The second kappa shape index (κ2) is 12.3. The maximum atomic E-state index is 10.4. The molecule has 0 radical (unpaired) electrons. The van der Waals surface area contributed by atoms with Crippen LogP contribution in [0.15, 0.2) is 34.7 Å². The smallest absolute Gasteiger partial charge is 0.402 e. The van der Waals surface area contributed by atoms with Crippen LogP contribution in [0.3, 0.4) is 0 Å². The van der Waals surface area contributed by atoms with Gasteiger partial charge in [-0.25, -0.2) is 4.42 Å². The third-order valence-corrected chi connectivity index (χ3v) is 7.31. The predicted octanol–water partition coefficient (Wildman–Crippen LogP) is -2.44. The van der Waals surface area contributed by atoms with Crippen molar-refractivity contribution in [3.05, 3.63) is 30.3 Å². The van der Waals surface area contributed by atoms with Crippen molar-refractivity contribution in [1.29, 1.82) is 0 Å². The van der Waals surface area contributed by atoms with E-state index in [-0.39, 0.29) is 39.5 Å². The van der Waals surface area contributed by atoms with E-state index in [0.717, 1.165) is 18.2 Å². The summed E-state index contributed by atoms with van der Waals surface area (Å²) >= 11 is 0. The Morgan fingerprint density at radius 2 is 1.09 bits per heavy atom. The summed E-state index contributed by atoms with van der Waals surface area (Å²) in [5.41, 5.74) is -0.0979. The van der Waals surface area contributed by atoms with Crippen molar-refractivity contribution in [2.75, 3.05) is 13.2 Å². The zero-order chi connectivity index (χ0) is 32.0. The number of benzene rings is 2. The van der Waals surface area contributed by atoms with Crippen molar-refractivity contribution in [3.8, 4) is 45.8 Å². The first-order valence-electron chi connectivity index (χ1n) is 13.2. The van der Waals surface area contributed by atoms with Gasteiger partial charge in [-0.3, -0.25) is 0 Å². The minimum atomic E-state index is -1.85. The van der Waals surface area contributed by atoms with Gasteiger partial charge in [-0.1, -0.05) is 0 Å². The molecule has 2 aromatic carbocycles. The maximum absolute atomic E-state index is 10.4. The second-order valence-electron chi connectivity index (χ2n) is 10.4. The molecule has 17 nitrogen and oxygen atoms in total. The number of phenols is 4. The monoisotopic (exact) mass is 627 g/mol. The number of hydrogen-bond acceptors (Lipinski definition) is 16. The van der Waals surface area contributed by atoms with Gasteiger partial charge in [0.2, 0.25) is 5.75 Å². The Labute approximate surface area is 246 Å². The van der Waals surface area contributed by atoms with Crippen molar-refractivity contribution in [2.45, 2.75) is 61.4 Å². The van der Waals surface area contributed by atoms with Crippen LogP contribution in [0, 0.1) is 0 Å². The summed E-state index contributed by atoms with van der Waals surface area (Å²) in [4.78, 5) is 0. The van der Waals surface area contributed by atoms with E-state index in [1.165, 1.54) is 12.1 Å². The minimum absolute atomic E-state index is 0.0404. The highest BCUT2D eigenvalue weighted by molar-refractivity contribution is 5.89. The van der Waals surface area contributed by atoms with Gasteiger partial charge in [-0.2, -0.15) is 0 Å². The number of aliphatic hydroxyl groups excluding tert-OH is 8. The lowest BCUT2D eigenvalue weighted by molar-refractivity contribution is -0.285. The molecule has 5 rings (SSSR count). The SMILES string of the molecule is Oc1cc(OC[C@H]2OC(O)[C@H](O)[C@@H](O)[C@@H]2O)c2cc(OC[C@H]3OC(O)[C@H](O)[C@@H](O)[C@@H]3O)c(-c3cc(O)c(O)c(O)c3)[o+]c2c1. The van der Waals surface area contributed by atoms with E-state index in [0.29, 0.717) is 0 Å². The molecule has 17 heteroatoms. The van der Waals surface area contributed by atoms with Crippen LogP contribution in [-0.4, -0.2) is 136 Å². The Morgan fingerprint density at radius 3 is 1.61 bits per heavy atom. The zero-order valence-electron chi connectivity index (χ0n) is 22.5. The molecule has 0 bridgehead atoms. The number of fused-ring (bicyclic) bond motifs is 1. The van der Waals surface area contributed by atoms with Gasteiger partial charge in [0.15, 0.2) is 29.8 Å². The van der Waals surface area contributed by atoms with E-state index < -0.39 is 91.9 Å². The summed E-state index contributed by atoms with van der Waals surface area (Å²) in [5.74, 6) is -3.11. The Kier molecular flexibility index (Phi) is 8.87. The molecule has 1 aromatic heterocycles. The topological polar surface area (TPSA) is 291 Å². The Bertz CT molecular complexity index is 1480. The normalized spacial score (nSPS) is 32.5. The van der Waals surface area contributed by atoms with E-state index in [2.05, 4.69) is 0 Å². The van der Waals surface area contributed by atoms with Crippen LogP contribution < -0.4 is 9.47 Å². The van der Waals surface area contributed by atoms with Crippen molar-refractivity contribution in [2.24, 2.45) is 0 Å². The summed E-state index contributed by atoms with van der Waals surface area (Å²) in [6.07, 6.45) is -16.8. The van der Waals surface area contributed by atoms with E-state index in [4.69, 9.17) is 23.4 Å². The van der Waals surface area contributed by atoms with Crippen molar-refractivity contribution in [1.82, 2.24) is 0 Å². The van der Waals surface area contributed by atoms with Crippen LogP contribution >= 0.6 is 0 Å². The first-order valence-corrected chi connectivity index (χ1v) is 13.2. The summed E-state index contributed by atoms with van der Waals surface area (Å²) in [6, 6.07) is 5.68. The number of aliphatic hydroxyl groups is 8. The lowest BCUT2D eigenvalue weighted by Gasteiger charge is -2.38. The van der Waals surface area contributed by atoms with Crippen molar-refractivity contribution < 1.29 is 84.6 Å². The van der Waals surface area contributed by atoms with Gasteiger partial charge in [0.05, 0.1) is 11.6 Å². The summed E-state index contributed by atoms with van der Waals surface area (Å²) in [6.45, 7) is -1.06. The standard InChI is InChI=1S/C27H30O17/c28-9-3-13(40-6-16-19(32)21(34)23(36)26(38)43-16)10-5-15(41-7-17-20(33)22(35)24(37)27(39)44-17)25(42-14(10)4-9)8-1-11(29)18(31)12(30)2-8/h1-5,16-17,19-24,26-27,32-39H,6-7H2,(H3-,28,29,30,31)/p+1/t16-,17-,19-,20-,21+,22+,23-,24-,26?,27?/m1/s1. The molecule has 2 fully saturated rings. The van der Waals surface area contributed by atoms with Crippen molar-refractivity contribution >= 4 is 11.0 Å². The lowest BCUT2D eigenvalue weighted by atomic mass is 9.99. The number of phenolic OH excluding ortho intramolecular Hbond substituents is 4. The van der Waals surface area contributed by atoms with Gasteiger partial charge in [0.25, 0.3) is 0 Å². The summed E-state index contributed by atoms with van der Waals surface area (Å²) in [7, 11) is 0. The fourth-order valence-electron chi connectivity index (χ4n) is 4.81. The molecule has 3 heterocycles. The third-order valence-electron chi connectivity index (χ3n) is 7.31. The van der Waals surface area contributed by atoms with E-state index in [9.17, 15) is 61.3 Å². The number of hydrogen-bond donors (Lipinski definition) is 12. The van der Waals surface area contributed by atoms with E-state index >= 15 is 0 Å². The highest BCUT2D eigenvalue weighted by atomic mass is 16.7. The predicted molar refractivity (Wildman–Crippen MR) is 142 cm³/mol. The molecule has 2 unspecified atom stereocenters. The lowest BCUT2D eigenvalue weighted by Crippen LogP contribution is -2.58. The molecule has 10 atom stereocenters. The fourth-order valence-corrected chi connectivity index (χ4v) is 4.81. The molecule has 12 N–H and O–H groups in total. The Hall–Kier alpha value is -3.75. The van der Waals surface area contributed by atoms with Gasteiger partial charge < -0.3 is 80.2 Å².